The van der Waals surface area contributed by atoms with E-state index in [2.05, 4.69) is 15.4 Å². The maximum absolute atomic E-state index is 5.32. The molecule has 1 aromatic heterocycles. The van der Waals surface area contributed by atoms with Crippen molar-refractivity contribution in [3.05, 3.63) is 11.9 Å². The summed E-state index contributed by atoms with van der Waals surface area (Å²) in [4.78, 5) is 8.58. The summed E-state index contributed by atoms with van der Waals surface area (Å²) in [6.07, 6.45) is 0.799. The van der Waals surface area contributed by atoms with Gasteiger partial charge >= 0.3 is 0 Å². The van der Waals surface area contributed by atoms with E-state index in [0.717, 1.165) is 23.0 Å². The zero-order valence-electron chi connectivity index (χ0n) is 8.99. The van der Waals surface area contributed by atoms with Gasteiger partial charge in [0.2, 0.25) is 0 Å². The number of aromatic nitrogens is 2. The van der Waals surface area contributed by atoms with Crippen molar-refractivity contribution in [3.63, 3.8) is 0 Å². The first-order valence-electron chi connectivity index (χ1n) is 4.76. The van der Waals surface area contributed by atoms with Crippen LogP contribution < -0.4 is 11.3 Å². The number of hydrogen-bond donors (Lipinski definition) is 2. The van der Waals surface area contributed by atoms with Crippen molar-refractivity contribution in [1.82, 2.24) is 9.97 Å². The molecule has 3 N–H and O–H groups in total. The quantitative estimate of drug-likeness (QED) is 0.249. The van der Waals surface area contributed by atoms with Gasteiger partial charge in [0.05, 0.1) is 6.61 Å². The van der Waals surface area contributed by atoms with Crippen molar-refractivity contribution in [3.8, 4) is 0 Å². The molecule has 0 bridgehead atoms. The molecule has 0 aliphatic carbocycles. The van der Waals surface area contributed by atoms with E-state index in [-0.39, 0.29) is 0 Å². The van der Waals surface area contributed by atoms with E-state index >= 15 is 0 Å². The Morgan fingerprint density at radius 3 is 2.93 bits per heavy atom. The van der Waals surface area contributed by atoms with E-state index in [1.807, 2.05) is 13.0 Å². The van der Waals surface area contributed by atoms with Crippen LogP contribution in [0.4, 0.5) is 5.82 Å². The molecule has 0 aliphatic heterocycles. The lowest BCUT2D eigenvalue weighted by Gasteiger charge is -2.05. The summed E-state index contributed by atoms with van der Waals surface area (Å²) in [5.74, 6) is 7.65. The third-order valence-corrected chi connectivity index (χ3v) is 2.63. The Morgan fingerprint density at radius 1 is 1.53 bits per heavy atom. The van der Waals surface area contributed by atoms with Crippen LogP contribution in [0.1, 0.15) is 12.7 Å². The Bertz CT molecular complexity index is 286. The molecule has 84 valence electrons. The second-order valence-electron chi connectivity index (χ2n) is 2.85. The number of thioether (sulfide) groups is 1. The monoisotopic (exact) mass is 228 g/mol. The van der Waals surface area contributed by atoms with Crippen LogP contribution in [0, 0.1) is 0 Å². The van der Waals surface area contributed by atoms with Gasteiger partial charge < -0.3 is 10.2 Å². The molecule has 0 saturated heterocycles. The van der Waals surface area contributed by atoms with Gasteiger partial charge in [0.25, 0.3) is 0 Å². The highest BCUT2D eigenvalue weighted by Gasteiger charge is 2.02. The summed E-state index contributed by atoms with van der Waals surface area (Å²) in [7, 11) is 1.69. The lowest BCUT2D eigenvalue weighted by molar-refractivity contribution is 0.218. The Kier molecular flexibility index (Phi) is 5.38. The Labute approximate surface area is 93.8 Å². The number of hydrogen-bond acceptors (Lipinski definition) is 6. The number of nitrogens with two attached hydrogens (primary N) is 1. The van der Waals surface area contributed by atoms with Crippen molar-refractivity contribution in [2.24, 2.45) is 5.84 Å². The van der Waals surface area contributed by atoms with Crippen molar-refractivity contribution in [2.75, 3.05) is 24.9 Å². The van der Waals surface area contributed by atoms with E-state index < -0.39 is 0 Å². The molecule has 0 fully saturated rings. The maximum Gasteiger partial charge on any atom is 0.144 e. The van der Waals surface area contributed by atoms with Crippen LogP contribution in [0.2, 0.25) is 0 Å². The Morgan fingerprint density at radius 2 is 2.33 bits per heavy atom. The molecule has 6 heteroatoms. The number of aryl methyl sites for hydroxylation is 1. The highest BCUT2D eigenvalue weighted by Crippen LogP contribution is 2.18. The number of nitrogens with one attached hydrogen (secondary N) is 1. The van der Waals surface area contributed by atoms with Gasteiger partial charge in [0.1, 0.15) is 16.7 Å². The molecule has 1 heterocycles. The van der Waals surface area contributed by atoms with Crippen molar-refractivity contribution >= 4 is 17.6 Å². The van der Waals surface area contributed by atoms with Crippen LogP contribution in [0.15, 0.2) is 11.1 Å². The smallest absolute Gasteiger partial charge is 0.144 e. The van der Waals surface area contributed by atoms with E-state index in [4.69, 9.17) is 10.6 Å². The van der Waals surface area contributed by atoms with Crippen LogP contribution in [0.25, 0.3) is 0 Å². The number of methoxy groups -OCH3 is 1. The van der Waals surface area contributed by atoms with Gasteiger partial charge in [-0.25, -0.2) is 15.8 Å². The molecule has 0 saturated carbocycles. The zero-order chi connectivity index (χ0) is 11.1. The molecular weight excluding hydrogens is 212 g/mol. The minimum Gasteiger partial charge on any atom is -0.384 e. The highest BCUT2D eigenvalue weighted by atomic mass is 32.2. The molecule has 0 unspecified atom stereocenters. The standard InChI is InChI=1S/C9H16N4OS/c1-3-7-11-8(13-10)6-9(12-7)15-5-4-14-2/h6H,3-5,10H2,1-2H3,(H,11,12,13). The number of nitrogens with zero attached hydrogens (tertiary/aromatic N) is 2. The topological polar surface area (TPSA) is 73.1 Å². The van der Waals surface area contributed by atoms with Crippen LogP contribution in [-0.4, -0.2) is 29.4 Å². The summed E-state index contributed by atoms with van der Waals surface area (Å²) < 4.78 is 4.97. The number of ether oxygens (including phenoxy) is 1. The summed E-state index contributed by atoms with van der Waals surface area (Å²) in [6, 6.07) is 1.83. The average Bonchev–Trinajstić information content (AvgIpc) is 2.29. The number of nitrogen functional groups attached to an aromatic ring is 1. The number of rotatable bonds is 6. The fraction of sp³-hybridized carbons (Fsp3) is 0.556. The molecule has 0 amide bonds. The van der Waals surface area contributed by atoms with E-state index in [1.165, 1.54) is 0 Å². The normalized spacial score (nSPS) is 10.3. The molecule has 0 radical (unpaired) electrons. The van der Waals surface area contributed by atoms with Gasteiger partial charge in [-0.15, -0.1) is 11.8 Å². The number of anilines is 1. The van der Waals surface area contributed by atoms with Gasteiger partial charge in [-0.05, 0) is 0 Å². The SMILES string of the molecule is CCc1nc(NN)cc(SCCOC)n1. The molecule has 1 rings (SSSR count). The fourth-order valence-electron chi connectivity index (χ4n) is 1.01. The third kappa shape index (κ3) is 4.03. The molecule has 5 nitrogen and oxygen atoms in total. The molecule has 0 aromatic carbocycles. The molecule has 0 aliphatic rings. The van der Waals surface area contributed by atoms with Gasteiger partial charge in [-0.3, -0.25) is 0 Å². The summed E-state index contributed by atoms with van der Waals surface area (Å²) in [5.41, 5.74) is 2.54. The van der Waals surface area contributed by atoms with E-state index in [9.17, 15) is 0 Å². The zero-order valence-corrected chi connectivity index (χ0v) is 9.80. The first-order chi connectivity index (χ1) is 7.30. The minimum absolute atomic E-state index is 0.654. The Hall–Kier alpha value is -0.850. The fourth-order valence-corrected chi connectivity index (χ4v) is 1.83. The largest absolute Gasteiger partial charge is 0.384 e. The second-order valence-corrected chi connectivity index (χ2v) is 3.96. The molecule has 1 aromatic rings. The average molecular weight is 228 g/mol. The lowest BCUT2D eigenvalue weighted by Crippen LogP contribution is -2.10. The van der Waals surface area contributed by atoms with Gasteiger partial charge in [0, 0.05) is 25.3 Å². The van der Waals surface area contributed by atoms with Crippen molar-refractivity contribution in [2.45, 2.75) is 18.4 Å². The first-order valence-corrected chi connectivity index (χ1v) is 5.75. The van der Waals surface area contributed by atoms with E-state index in [1.54, 1.807) is 18.9 Å². The van der Waals surface area contributed by atoms with Gasteiger partial charge in [0.15, 0.2) is 0 Å². The van der Waals surface area contributed by atoms with Crippen LogP contribution in [0.3, 0.4) is 0 Å². The first kappa shape index (κ1) is 12.2. The Balaban J connectivity index is 2.68. The predicted molar refractivity (Wildman–Crippen MR) is 61.8 cm³/mol. The summed E-state index contributed by atoms with van der Waals surface area (Å²) >= 11 is 1.63. The predicted octanol–water partition coefficient (Wildman–Crippen LogP) is 1.06. The van der Waals surface area contributed by atoms with Crippen molar-refractivity contribution < 1.29 is 4.74 Å². The lowest BCUT2D eigenvalue weighted by atomic mass is 10.4. The molecular formula is C9H16N4OS. The second kappa shape index (κ2) is 6.60. The van der Waals surface area contributed by atoms with E-state index in [0.29, 0.717) is 12.4 Å². The van der Waals surface area contributed by atoms with Crippen LogP contribution >= 0.6 is 11.8 Å². The molecule has 0 spiro atoms. The third-order valence-electron chi connectivity index (χ3n) is 1.75. The minimum atomic E-state index is 0.654. The maximum atomic E-state index is 5.32. The van der Waals surface area contributed by atoms with Gasteiger partial charge in [-0.1, -0.05) is 6.92 Å². The van der Waals surface area contributed by atoms with Crippen LogP contribution in [-0.2, 0) is 11.2 Å². The summed E-state index contributed by atoms with van der Waals surface area (Å²) in [6.45, 7) is 2.72. The van der Waals surface area contributed by atoms with Crippen LogP contribution in [0.5, 0.6) is 0 Å². The van der Waals surface area contributed by atoms with Crippen molar-refractivity contribution in [1.29, 1.82) is 0 Å². The van der Waals surface area contributed by atoms with Gasteiger partial charge in [-0.2, -0.15) is 0 Å². The molecule has 0 atom stereocenters. The molecule has 15 heavy (non-hydrogen) atoms. The highest BCUT2D eigenvalue weighted by molar-refractivity contribution is 7.99. The summed E-state index contributed by atoms with van der Waals surface area (Å²) in [5, 5.41) is 0.923. The number of hydrazine groups is 1.